The zero-order valence-corrected chi connectivity index (χ0v) is 11.1. The number of carbonyl (C=O) groups excluding carboxylic acids is 2. The predicted molar refractivity (Wildman–Crippen MR) is 67.1 cm³/mol. The monoisotopic (exact) mass is 332 g/mol. The standard InChI is InChI=1S/C13H8BrF3O2/c14-7-1-2-9-3-5-10(6-4-9)11(18)8-12(19)13(15,16)17/h3-6H,7-8H2. The number of rotatable bonds is 3. The van der Waals surface area contributed by atoms with Crippen LogP contribution in [0.3, 0.4) is 0 Å². The van der Waals surface area contributed by atoms with Crippen LogP contribution in [0.1, 0.15) is 22.3 Å². The largest absolute Gasteiger partial charge is 0.450 e. The van der Waals surface area contributed by atoms with Gasteiger partial charge in [0.2, 0.25) is 5.78 Å². The molecule has 0 saturated carbocycles. The summed E-state index contributed by atoms with van der Waals surface area (Å²) in [7, 11) is 0. The average molecular weight is 333 g/mol. The van der Waals surface area contributed by atoms with Crippen molar-refractivity contribution in [2.45, 2.75) is 12.6 Å². The fourth-order valence-electron chi connectivity index (χ4n) is 1.22. The van der Waals surface area contributed by atoms with E-state index in [0.29, 0.717) is 10.9 Å². The van der Waals surface area contributed by atoms with E-state index >= 15 is 0 Å². The lowest BCUT2D eigenvalue weighted by Crippen LogP contribution is -2.25. The Hall–Kier alpha value is -1.61. The molecule has 0 aliphatic heterocycles. The molecule has 1 aromatic carbocycles. The molecule has 0 spiro atoms. The molecule has 0 aromatic heterocycles. The summed E-state index contributed by atoms with van der Waals surface area (Å²) >= 11 is 3.12. The maximum absolute atomic E-state index is 12.0. The SMILES string of the molecule is O=C(CC(=O)C(F)(F)F)c1ccc(C#CCBr)cc1. The van der Waals surface area contributed by atoms with Crippen LogP contribution in [0.15, 0.2) is 24.3 Å². The van der Waals surface area contributed by atoms with Crippen LogP contribution in [-0.4, -0.2) is 23.1 Å². The van der Waals surface area contributed by atoms with Crippen molar-refractivity contribution in [3.05, 3.63) is 35.4 Å². The molecule has 1 rings (SSSR count). The fraction of sp³-hybridized carbons (Fsp3) is 0.231. The third-order valence-electron chi connectivity index (χ3n) is 2.14. The van der Waals surface area contributed by atoms with Gasteiger partial charge in [0.15, 0.2) is 5.78 Å². The van der Waals surface area contributed by atoms with Crippen LogP contribution in [0.2, 0.25) is 0 Å². The highest BCUT2D eigenvalue weighted by Crippen LogP contribution is 2.19. The zero-order valence-electron chi connectivity index (χ0n) is 9.55. The van der Waals surface area contributed by atoms with Gasteiger partial charge in [0.25, 0.3) is 0 Å². The van der Waals surface area contributed by atoms with Crippen LogP contribution < -0.4 is 0 Å². The van der Waals surface area contributed by atoms with E-state index in [2.05, 4.69) is 27.8 Å². The topological polar surface area (TPSA) is 34.1 Å². The van der Waals surface area contributed by atoms with Crippen LogP contribution >= 0.6 is 15.9 Å². The predicted octanol–water partition coefficient (Wildman–Crippen LogP) is 3.14. The van der Waals surface area contributed by atoms with Gasteiger partial charge in [-0.05, 0) is 12.1 Å². The Morgan fingerprint density at radius 3 is 2.21 bits per heavy atom. The molecular formula is C13H8BrF3O2. The van der Waals surface area contributed by atoms with Crippen LogP contribution in [0.25, 0.3) is 0 Å². The molecule has 0 amide bonds. The van der Waals surface area contributed by atoms with Gasteiger partial charge in [-0.15, -0.1) is 0 Å². The lowest BCUT2D eigenvalue weighted by molar-refractivity contribution is -0.170. The summed E-state index contributed by atoms with van der Waals surface area (Å²) in [4.78, 5) is 22.1. The molecule has 0 aliphatic rings. The van der Waals surface area contributed by atoms with Gasteiger partial charge < -0.3 is 0 Å². The summed E-state index contributed by atoms with van der Waals surface area (Å²) in [6, 6.07) is 5.73. The van der Waals surface area contributed by atoms with E-state index in [0.717, 1.165) is 0 Å². The highest BCUT2D eigenvalue weighted by molar-refractivity contribution is 9.09. The molecule has 0 unspecified atom stereocenters. The molecule has 0 radical (unpaired) electrons. The molecule has 1 aromatic rings. The van der Waals surface area contributed by atoms with Gasteiger partial charge in [-0.2, -0.15) is 13.2 Å². The van der Waals surface area contributed by atoms with Crippen LogP contribution in [0.4, 0.5) is 13.2 Å². The lowest BCUT2D eigenvalue weighted by atomic mass is 10.0. The second kappa shape index (κ2) is 6.53. The maximum Gasteiger partial charge on any atom is 0.450 e. The van der Waals surface area contributed by atoms with E-state index in [9.17, 15) is 22.8 Å². The van der Waals surface area contributed by atoms with Crippen LogP contribution in [-0.2, 0) is 4.79 Å². The number of ketones is 2. The van der Waals surface area contributed by atoms with Crippen molar-refractivity contribution < 1.29 is 22.8 Å². The average Bonchev–Trinajstić information content (AvgIpc) is 2.35. The van der Waals surface area contributed by atoms with Crippen molar-refractivity contribution in [2.75, 3.05) is 5.33 Å². The van der Waals surface area contributed by atoms with Gasteiger partial charge in [0.05, 0.1) is 11.8 Å². The smallest absolute Gasteiger partial charge is 0.294 e. The third-order valence-corrected chi connectivity index (χ3v) is 2.42. The second-order valence-corrected chi connectivity index (χ2v) is 4.09. The molecule has 6 heteroatoms. The molecule has 0 N–H and O–H groups in total. The van der Waals surface area contributed by atoms with E-state index in [1.807, 2.05) is 0 Å². The van der Waals surface area contributed by atoms with Gasteiger partial charge in [-0.3, -0.25) is 9.59 Å². The molecule has 19 heavy (non-hydrogen) atoms. The number of hydrogen-bond donors (Lipinski definition) is 0. The molecule has 2 nitrogen and oxygen atoms in total. The van der Waals surface area contributed by atoms with E-state index in [-0.39, 0.29) is 5.56 Å². The lowest BCUT2D eigenvalue weighted by Gasteiger charge is -2.04. The Kier molecular flexibility index (Phi) is 5.31. The molecule has 0 heterocycles. The van der Waals surface area contributed by atoms with Crippen LogP contribution in [0.5, 0.6) is 0 Å². The van der Waals surface area contributed by atoms with Gasteiger partial charge in [-0.25, -0.2) is 0 Å². The maximum atomic E-state index is 12.0. The van der Waals surface area contributed by atoms with E-state index in [4.69, 9.17) is 0 Å². The Labute approximate surface area is 116 Å². The second-order valence-electron chi connectivity index (χ2n) is 3.53. The van der Waals surface area contributed by atoms with Gasteiger partial charge in [-0.1, -0.05) is 39.9 Å². The highest BCUT2D eigenvalue weighted by atomic mass is 79.9. The molecule has 0 saturated heterocycles. The van der Waals surface area contributed by atoms with Gasteiger partial charge >= 0.3 is 6.18 Å². The summed E-state index contributed by atoms with van der Waals surface area (Å²) in [5.41, 5.74) is 0.695. The summed E-state index contributed by atoms with van der Waals surface area (Å²) in [5.74, 6) is 2.61. The molecule has 0 atom stereocenters. The zero-order chi connectivity index (χ0) is 14.5. The number of alkyl halides is 4. The molecule has 0 fully saturated rings. The molecule has 0 aliphatic carbocycles. The minimum atomic E-state index is -4.98. The summed E-state index contributed by atoms with van der Waals surface area (Å²) in [6.45, 7) is 0. The van der Waals surface area contributed by atoms with Crippen LogP contribution in [0, 0.1) is 11.8 Å². The number of carbonyl (C=O) groups is 2. The first-order valence-electron chi connectivity index (χ1n) is 5.12. The fourth-order valence-corrected chi connectivity index (χ4v) is 1.36. The minimum Gasteiger partial charge on any atom is -0.294 e. The van der Waals surface area contributed by atoms with Crippen molar-refractivity contribution >= 4 is 27.5 Å². The van der Waals surface area contributed by atoms with Crippen molar-refractivity contribution in [2.24, 2.45) is 0 Å². The summed E-state index contributed by atoms with van der Waals surface area (Å²) in [6.07, 6.45) is -6.15. The minimum absolute atomic E-state index is 0.0574. The Morgan fingerprint density at radius 1 is 1.16 bits per heavy atom. The van der Waals surface area contributed by atoms with Crippen molar-refractivity contribution in [3.8, 4) is 11.8 Å². The van der Waals surface area contributed by atoms with E-state index < -0.39 is 24.2 Å². The number of benzene rings is 1. The Morgan fingerprint density at radius 2 is 1.74 bits per heavy atom. The van der Waals surface area contributed by atoms with Gasteiger partial charge in [0.1, 0.15) is 0 Å². The first-order valence-corrected chi connectivity index (χ1v) is 6.25. The Bertz CT molecular complexity index is 536. The highest BCUT2D eigenvalue weighted by Gasteiger charge is 2.39. The quantitative estimate of drug-likeness (QED) is 0.369. The van der Waals surface area contributed by atoms with E-state index in [1.165, 1.54) is 24.3 Å². The summed E-state index contributed by atoms with van der Waals surface area (Å²) in [5, 5.41) is 0.494. The third kappa shape index (κ3) is 4.87. The van der Waals surface area contributed by atoms with Crippen molar-refractivity contribution in [1.82, 2.24) is 0 Å². The molecule has 0 bridgehead atoms. The first-order chi connectivity index (χ1) is 8.84. The van der Waals surface area contributed by atoms with Gasteiger partial charge in [0, 0.05) is 11.1 Å². The Balaban J connectivity index is 2.76. The number of halogens is 4. The summed E-state index contributed by atoms with van der Waals surface area (Å²) < 4.78 is 36.0. The number of Topliss-reactive ketones (excluding diaryl/α,β-unsaturated/α-hetero) is 2. The normalized spacial score (nSPS) is 10.5. The molecular weight excluding hydrogens is 325 g/mol. The first kappa shape index (κ1) is 15.4. The number of hydrogen-bond acceptors (Lipinski definition) is 2. The van der Waals surface area contributed by atoms with E-state index in [1.54, 1.807) is 0 Å². The molecule has 100 valence electrons. The van der Waals surface area contributed by atoms with Crippen molar-refractivity contribution in [3.63, 3.8) is 0 Å². The van der Waals surface area contributed by atoms with Crippen molar-refractivity contribution in [1.29, 1.82) is 0 Å².